The normalized spacial score (nSPS) is 10.7. The van der Waals surface area contributed by atoms with Gasteiger partial charge in [-0.2, -0.15) is 0 Å². The average Bonchev–Trinajstić information content (AvgIpc) is 3.29. The summed E-state index contributed by atoms with van der Waals surface area (Å²) in [5.74, 6) is 0.433. The van der Waals surface area contributed by atoms with Gasteiger partial charge in [0.05, 0.1) is 18.4 Å². The van der Waals surface area contributed by atoms with Gasteiger partial charge in [-0.3, -0.25) is 4.79 Å². The highest BCUT2D eigenvalue weighted by atomic mass is 32.2. The third-order valence-electron chi connectivity index (χ3n) is 4.45. The number of methoxy groups -OCH3 is 1. The van der Waals surface area contributed by atoms with Gasteiger partial charge in [-0.15, -0.1) is 10.2 Å². The molecule has 0 saturated carbocycles. The minimum atomic E-state index is -0.435. The highest BCUT2D eigenvalue weighted by molar-refractivity contribution is 7.99. The Balaban J connectivity index is 1.25. The molecule has 0 aliphatic carbocycles. The van der Waals surface area contributed by atoms with Crippen LogP contribution in [0.4, 0.5) is 5.69 Å². The SMILES string of the molecule is COC(=O)c1ccc(NC(=O)CSc2nnc(COc3ccc4ccccc4c3)o2)cc1. The van der Waals surface area contributed by atoms with Crippen LogP contribution in [0.25, 0.3) is 10.8 Å². The summed E-state index contributed by atoms with van der Waals surface area (Å²) in [6.45, 7) is 0.130. The number of hydrogen-bond donors (Lipinski definition) is 1. The van der Waals surface area contributed by atoms with Crippen molar-refractivity contribution in [3.8, 4) is 5.75 Å². The van der Waals surface area contributed by atoms with E-state index in [1.807, 2.05) is 42.5 Å². The van der Waals surface area contributed by atoms with Crippen LogP contribution >= 0.6 is 11.8 Å². The van der Waals surface area contributed by atoms with E-state index < -0.39 is 5.97 Å². The highest BCUT2D eigenvalue weighted by Gasteiger charge is 2.11. The molecular formula is C23H19N3O5S. The van der Waals surface area contributed by atoms with Crippen LogP contribution in [0.1, 0.15) is 16.2 Å². The van der Waals surface area contributed by atoms with Gasteiger partial charge < -0.3 is 19.2 Å². The lowest BCUT2D eigenvalue weighted by molar-refractivity contribution is -0.113. The predicted molar refractivity (Wildman–Crippen MR) is 120 cm³/mol. The van der Waals surface area contributed by atoms with Gasteiger partial charge in [-0.1, -0.05) is 42.1 Å². The van der Waals surface area contributed by atoms with E-state index in [1.54, 1.807) is 24.3 Å². The number of esters is 1. The summed E-state index contributed by atoms with van der Waals surface area (Å²) in [4.78, 5) is 23.6. The number of ether oxygens (including phenoxy) is 2. The standard InChI is InChI=1S/C23H19N3O5S/c1-29-22(28)16-6-9-18(10-7-16)24-20(27)14-32-23-26-25-21(31-23)13-30-19-11-8-15-4-2-3-5-17(15)12-19/h2-12H,13-14H2,1H3,(H,24,27). The van der Waals surface area contributed by atoms with E-state index in [4.69, 9.17) is 9.15 Å². The van der Waals surface area contributed by atoms with Crippen LogP contribution in [-0.2, 0) is 16.1 Å². The van der Waals surface area contributed by atoms with Gasteiger partial charge in [0, 0.05) is 5.69 Å². The van der Waals surface area contributed by atoms with Gasteiger partial charge in [0.1, 0.15) is 5.75 Å². The summed E-state index contributed by atoms with van der Waals surface area (Å²) in [7, 11) is 1.31. The van der Waals surface area contributed by atoms with Crippen LogP contribution in [0, 0.1) is 0 Å². The lowest BCUT2D eigenvalue weighted by Crippen LogP contribution is -2.14. The molecule has 4 aromatic rings. The molecule has 3 aromatic carbocycles. The molecule has 1 N–H and O–H groups in total. The van der Waals surface area contributed by atoms with E-state index in [2.05, 4.69) is 20.3 Å². The Morgan fingerprint density at radius 2 is 1.78 bits per heavy atom. The van der Waals surface area contributed by atoms with Crippen LogP contribution < -0.4 is 10.1 Å². The molecule has 1 heterocycles. The van der Waals surface area contributed by atoms with Crippen LogP contribution in [0.2, 0.25) is 0 Å². The Bertz CT molecular complexity index is 1240. The van der Waals surface area contributed by atoms with Crippen molar-refractivity contribution in [2.75, 3.05) is 18.2 Å². The number of carbonyl (C=O) groups excluding carboxylic acids is 2. The molecule has 1 amide bonds. The van der Waals surface area contributed by atoms with E-state index in [0.717, 1.165) is 22.5 Å². The van der Waals surface area contributed by atoms with Crippen molar-refractivity contribution in [3.63, 3.8) is 0 Å². The first-order chi connectivity index (χ1) is 15.6. The van der Waals surface area contributed by atoms with Crippen molar-refractivity contribution in [3.05, 3.63) is 78.2 Å². The lowest BCUT2D eigenvalue weighted by atomic mass is 10.1. The molecule has 1 aromatic heterocycles. The third-order valence-corrected chi connectivity index (χ3v) is 5.27. The Morgan fingerprint density at radius 1 is 1.00 bits per heavy atom. The first-order valence-corrected chi connectivity index (χ1v) is 10.6. The largest absolute Gasteiger partial charge is 0.484 e. The number of fused-ring (bicyclic) bond motifs is 1. The molecule has 0 aliphatic rings. The number of aromatic nitrogens is 2. The second kappa shape index (κ2) is 9.97. The number of anilines is 1. The van der Waals surface area contributed by atoms with Crippen molar-refractivity contribution in [2.24, 2.45) is 0 Å². The van der Waals surface area contributed by atoms with E-state index in [1.165, 1.54) is 7.11 Å². The summed E-state index contributed by atoms with van der Waals surface area (Å²) in [5, 5.41) is 13.1. The Kier molecular flexibility index (Phi) is 6.66. The Hall–Kier alpha value is -3.85. The molecule has 4 rings (SSSR count). The van der Waals surface area contributed by atoms with Crippen molar-refractivity contribution in [1.82, 2.24) is 10.2 Å². The smallest absolute Gasteiger partial charge is 0.337 e. The van der Waals surface area contributed by atoms with Crippen LogP contribution in [-0.4, -0.2) is 34.9 Å². The number of rotatable bonds is 8. The zero-order valence-electron chi connectivity index (χ0n) is 17.1. The summed E-state index contributed by atoms with van der Waals surface area (Å²) < 4.78 is 15.9. The van der Waals surface area contributed by atoms with Crippen LogP contribution in [0.3, 0.4) is 0 Å². The highest BCUT2D eigenvalue weighted by Crippen LogP contribution is 2.22. The maximum Gasteiger partial charge on any atom is 0.337 e. The Labute approximate surface area is 187 Å². The van der Waals surface area contributed by atoms with Crippen molar-refractivity contribution < 1.29 is 23.5 Å². The molecule has 9 heteroatoms. The Morgan fingerprint density at radius 3 is 2.56 bits per heavy atom. The maximum absolute atomic E-state index is 12.1. The number of carbonyl (C=O) groups is 2. The molecule has 0 atom stereocenters. The third kappa shape index (κ3) is 5.44. The number of amides is 1. The summed E-state index contributed by atoms with van der Waals surface area (Å²) in [6, 6.07) is 20.2. The fourth-order valence-electron chi connectivity index (χ4n) is 2.89. The van der Waals surface area contributed by atoms with E-state index in [0.29, 0.717) is 22.9 Å². The molecular weight excluding hydrogens is 430 g/mol. The van der Waals surface area contributed by atoms with E-state index in [9.17, 15) is 9.59 Å². The fourth-order valence-corrected chi connectivity index (χ4v) is 3.47. The zero-order valence-corrected chi connectivity index (χ0v) is 17.9. The number of hydrogen-bond acceptors (Lipinski definition) is 8. The molecule has 32 heavy (non-hydrogen) atoms. The van der Waals surface area contributed by atoms with Gasteiger partial charge in [-0.05, 0) is 47.2 Å². The van der Waals surface area contributed by atoms with Crippen molar-refractivity contribution in [2.45, 2.75) is 11.8 Å². The second-order valence-electron chi connectivity index (χ2n) is 6.67. The van der Waals surface area contributed by atoms with Gasteiger partial charge in [-0.25, -0.2) is 4.79 Å². The van der Waals surface area contributed by atoms with E-state index in [-0.39, 0.29) is 23.5 Å². The van der Waals surface area contributed by atoms with Gasteiger partial charge in [0.25, 0.3) is 11.1 Å². The predicted octanol–water partition coefficient (Wildman–Crippen LogP) is 4.32. The number of thioether (sulfide) groups is 1. The second-order valence-corrected chi connectivity index (χ2v) is 7.59. The van der Waals surface area contributed by atoms with Crippen molar-refractivity contribution in [1.29, 1.82) is 0 Å². The monoisotopic (exact) mass is 449 g/mol. The molecule has 162 valence electrons. The quantitative estimate of drug-likeness (QED) is 0.313. The minimum absolute atomic E-state index is 0.0892. The van der Waals surface area contributed by atoms with Gasteiger partial charge >= 0.3 is 5.97 Å². The number of benzene rings is 3. The molecule has 0 unspecified atom stereocenters. The summed E-state index contributed by atoms with van der Waals surface area (Å²) in [5.41, 5.74) is 0.974. The molecule has 0 spiro atoms. The summed E-state index contributed by atoms with van der Waals surface area (Å²) in [6.07, 6.45) is 0. The maximum atomic E-state index is 12.1. The fraction of sp³-hybridized carbons (Fsp3) is 0.130. The van der Waals surface area contributed by atoms with Gasteiger partial charge in [0.2, 0.25) is 5.91 Å². The average molecular weight is 449 g/mol. The molecule has 0 aliphatic heterocycles. The summed E-state index contributed by atoms with van der Waals surface area (Å²) >= 11 is 1.12. The number of nitrogens with one attached hydrogen (secondary N) is 1. The first kappa shape index (κ1) is 21.4. The first-order valence-electron chi connectivity index (χ1n) is 9.66. The van der Waals surface area contributed by atoms with Gasteiger partial charge in [0.15, 0.2) is 6.61 Å². The number of nitrogens with zero attached hydrogens (tertiary/aromatic N) is 2. The molecule has 0 radical (unpaired) electrons. The lowest BCUT2D eigenvalue weighted by Gasteiger charge is -2.05. The van der Waals surface area contributed by atoms with E-state index >= 15 is 0 Å². The zero-order chi connectivity index (χ0) is 22.3. The minimum Gasteiger partial charge on any atom is -0.484 e. The van der Waals surface area contributed by atoms with Crippen LogP contribution in [0.5, 0.6) is 5.75 Å². The molecule has 0 fully saturated rings. The van der Waals surface area contributed by atoms with Crippen molar-refractivity contribution >= 4 is 40.1 Å². The molecule has 0 bridgehead atoms. The molecule has 0 saturated heterocycles. The molecule has 8 nitrogen and oxygen atoms in total. The van der Waals surface area contributed by atoms with Crippen LogP contribution in [0.15, 0.2) is 76.4 Å². The topological polar surface area (TPSA) is 104 Å².